The predicted molar refractivity (Wildman–Crippen MR) is 93.1 cm³/mol. The average molecular weight is 306 g/mol. The van der Waals surface area contributed by atoms with Gasteiger partial charge in [-0.2, -0.15) is 9.97 Å². The van der Waals surface area contributed by atoms with E-state index < -0.39 is 0 Å². The first-order chi connectivity index (χ1) is 10.5. The Morgan fingerprint density at radius 2 is 1.77 bits per heavy atom. The van der Waals surface area contributed by atoms with Crippen molar-refractivity contribution in [3.05, 3.63) is 5.56 Å². The van der Waals surface area contributed by atoms with Crippen molar-refractivity contribution in [3.8, 4) is 0 Å². The van der Waals surface area contributed by atoms with Gasteiger partial charge in [-0.1, -0.05) is 33.1 Å². The van der Waals surface area contributed by atoms with Gasteiger partial charge in [-0.3, -0.25) is 0 Å². The van der Waals surface area contributed by atoms with E-state index in [4.69, 9.17) is 11.5 Å². The largest absolute Gasteiger partial charge is 0.383 e. The van der Waals surface area contributed by atoms with Gasteiger partial charge in [-0.25, -0.2) is 0 Å². The minimum Gasteiger partial charge on any atom is -0.383 e. The molecule has 1 aliphatic heterocycles. The number of rotatable bonds is 6. The van der Waals surface area contributed by atoms with E-state index in [0.717, 1.165) is 44.0 Å². The quantitative estimate of drug-likeness (QED) is 0.783. The predicted octanol–water partition coefficient (Wildman–Crippen LogP) is 2.08. The van der Waals surface area contributed by atoms with Crippen molar-refractivity contribution in [2.75, 3.05) is 49.6 Å². The number of hydrogen-bond donors (Lipinski definition) is 2. The first-order valence-corrected chi connectivity index (χ1v) is 8.39. The Morgan fingerprint density at radius 1 is 1.09 bits per heavy atom. The van der Waals surface area contributed by atoms with E-state index in [-0.39, 0.29) is 5.95 Å². The highest BCUT2D eigenvalue weighted by atomic mass is 15.3. The number of nitrogen functional groups attached to an aromatic ring is 2. The molecule has 0 spiro atoms. The summed E-state index contributed by atoms with van der Waals surface area (Å²) in [5, 5.41) is 0. The Morgan fingerprint density at radius 3 is 2.41 bits per heavy atom. The maximum Gasteiger partial charge on any atom is 0.223 e. The van der Waals surface area contributed by atoms with Gasteiger partial charge in [0.15, 0.2) is 0 Å². The SMILES string of the molecule is CCCCCC(C)c1c(N)nc(N)nc1N1CCN(C)CC1. The van der Waals surface area contributed by atoms with Crippen LogP contribution in [0.15, 0.2) is 0 Å². The summed E-state index contributed by atoms with van der Waals surface area (Å²) in [6, 6.07) is 0. The van der Waals surface area contributed by atoms with Crippen LogP contribution in [-0.2, 0) is 0 Å². The summed E-state index contributed by atoms with van der Waals surface area (Å²) in [6.45, 7) is 8.44. The van der Waals surface area contributed by atoms with Gasteiger partial charge in [-0.05, 0) is 19.4 Å². The van der Waals surface area contributed by atoms with Crippen LogP contribution < -0.4 is 16.4 Å². The Labute approximate surface area is 133 Å². The summed E-state index contributed by atoms with van der Waals surface area (Å²) in [5.41, 5.74) is 13.1. The summed E-state index contributed by atoms with van der Waals surface area (Å²) in [4.78, 5) is 13.4. The van der Waals surface area contributed by atoms with Gasteiger partial charge in [-0.15, -0.1) is 0 Å². The summed E-state index contributed by atoms with van der Waals surface area (Å²) in [6.07, 6.45) is 4.81. The van der Waals surface area contributed by atoms with Gasteiger partial charge in [0.1, 0.15) is 11.6 Å². The Balaban J connectivity index is 2.23. The topological polar surface area (TPSA) is 84.3 Å². The van der Waals surface area contributed by atoms with Crippen LogP contribution in [0.3, 0.4) is 0 Å². The fourth-order valence-electron chi connectivity index (χ4n) is 3.07. The fraction of sp³-hybridized carbons (Fsp3) is 0.750. The molecule has 6 nitrogen and oxygen atoms in total. The molecule has 22 heavy (non-hydrogen) atoms. The standard InChI is InChI=1S/C16H30N6/c1-4-5-6-7-12(2)13-14(17)19-16(18)20-15(13)22-10-8-21(3)9-11-22/h12H,4-11H2,1-3H3,(H4,17,18,19,20). The minimum atomic E-state index is 0.274. The van der Waals surface area contributed by atoms with Crippen LogP contribution >= 0.6 is 0 Å². The normalized spacial score (nSPS) is 17.7. The smallest absolute Gasteiger partial charge is 0.223 e. The molecule has 2 heterocycles. The molecule has 4 N–H and O–H groups in total. The maximum absolute atomic E-state index is 6.19. The number of hydrogen-bond acceptors (Lipinski definition) is 6. The molecular weight excluding hydrogens is 276 g/mol. The van der Waals surface area contributed by atoms with Gasteiger partial charge < -0.3 is 21.3 Å². The second kappa shape index (κ2) is 7.63. The number of likely N-dealkylation sites (N-methyl/N-ethyl adjacent to an activating group) is 1. The van der Waals surface area contributed by atoms with Crippen molar-refractivity contribution in [1.29, 1.82) is 0 Å². The van der Waals surface area contributed by atoms with E-state index >= 15 is 0 Å². The van der Waals surface area contributed by atoms with Gasteiger partial charge in [0.05, 0.1) is 0 Å². The third-order valence-corrected chi connectivity index (χ3v) is 4.51. The summed E-state index contributed by atoms with van der Waals surface area (Å²) < 4.78 is 0. The molecule has 1 saturated heterocycles. The second-order valence-corrected chi connectivity index (χ2v) is 6.39. The molecule has 1 aromatic rings. The highest BCUT2D eigenvalue weighted by molar-refractivity contribution is 5.61. The van der Waals surface area contributed by atoms with Gasteiger partial charge in [0.25, 0.3) is 0 Å². The lowest BCUT2D eigenvalue weighted by atomic mass is 9.95. The molecule has 2 rings (SSSR count). The molecule has 124 valence electrons. The zero-order valence-electron chi connectivity index (χ0n) is 14.2. The summed E-state index contributed by atoms with van der Waals surface area (Å²) >= 11 is 0. The molecule has 1 aromatic heterocycles. The average Bonchev–Trinajstić information content (AvgIpc) is 2.47. The second-order valence-electron chi connectivity index (χ2n) is 6.39. The number of nitrogens with two attached hydrogens (primary N) is 2. The van der Waals surface area contributed by atoms with Gasteiger partial charge in [0.2, 0.25) is 5.95 Å². The molecule has 0 aromatic carbocycles. The molecule has 0 radical (unpaired) electrons. The van der Waals surface area contributed by atoms with Crippen LogP contribution in [-0.4, -0.2) is 48.1 Å². The van der Waals surface area contributed by atoms with Crippen molar-refractivity contribution in [2.24, 2.45) is 0 Å². The molecule has 0 amide bonds. The molecule has 1 aliphatic rings. The van der Waals surface area contributed by atoms with Crippen molar-refractivity contribution < 1.29 is 0 Å². The zero-order chi connectivity index (χ0) is 16.1. The van der Waals surface area contributed by atoms with E-state index in [1.807, 2.05) is 0 Å². The first kappa shape index (κ1) is 16.8. The fourth-order valence-corrected chi connectivity index (χ4v) is 3.07. The number of piperazine rings is 1. The molecule has 0 bridgehead atoms. The van der Waals surface area contributed by atoms with Gasteiger partial charge >= 0.3 is 0 Å². The Bertz CT molecular complexity index is 482. The van der Waals surface area contributed by atoms with Crippen LogP contribution in [0.4, 0.5) is 17.6 Å². The van der Waals surface area contributed by atoms with Crippen LogP contribution in [0.5, 0.6) is 0 Å². The molecular formula is C16H30N6. The number of aromatic nitrogens is 2. The zero-order valence-corrected chi connectivity index (χ0v) is 14.2. The Kier molecular flexibility index (Phi) is 5.83. The van der Waals surface area contributed by atoms with Crippen molar-refractivity contribution in [3.63, 3.8) is 0 Å². The number of nitrogens with zero attached hydrogens (tertiary/aromatic N) is 4. The summed E-state index contributed by atoms with van der Waals surface area (Å²) in [5.74, 6) is 2.13. The van der Waals surface area contributed by atoms with Crippen LogP contribution in [0.25, 0.3) is 0 Å². The van der Waals surface area contributed by atoms with Gasteiger partial charge in [0, 0.05) is 31.7 Å². The minimum absolute atomic E-state index is 0.274. The lowest BCUT2D eigenvalue weighted by molar-refractivity contribution is 0.311. The lowest BCUT2D eigenvalue weighted by Crippen LogP contribution is -2.45. The molecule has 0 saturated carbocycles. The maximum atomic E-state index is 6.19. The third-order valence-electron chi connectivity index (χ3n) is 4.51. The van der Waals surface area contributed by atoms with E-state index in [0.29, 0.717) is 11.7 Å². The van der Waals surface area contributed by atoms with Crippen molar-refractivity contribution >= 4 is 17.6 Å². The lowest BCUT2D eigenvalue weighted by Gasteiger charge is -2.35. The summed E-state index contributed by atoms with van der Waals surface area (Å²) in [7, 11) is 2.15. The molecule has 6 heteroatoms. The number of unbranched alkanes of at least 4 members (excludes halogenated alkanes) is 2. The highest BCUT2D eigenvalue weighted by Crippen LogP contribution is 2.34. The molecule has 1 unspecified atom stereocenters. The van der Waals surface area contributed by atoms with E-state index in [1.54, 1.807) is 0 Å². The third kappa shape index (κ3) is 4.00. The molecule has 1 fully saturated rings. The molecule has 1 atom stereocenters. The van der Waals surface area contributed by atoms with E-state index in [1.165, 1.54) is 19.3 Å². The van der Waals surface area contributed by atoms with Crippen LogP contribution in [0.2, 0.25) is 0 Å². The van der Waals surface area contributed by atoms with Crippen LogP contribution in [0.1, 0.15) is 51.0 Å². The highest BCUT2D eigenvalue weighted by Gasteiger charge is 2.24. The Hall–Kier alpha value is -1.56. The number of anilines is 3. The van der Waals surface area contributed by atoms with E-state index in [2.05, 4.69) is 40.7 Å². The van der Waals surface area contributed by atoms with Crippen molar-refractivity contribution in [2.45, 2.75) is 45.4 Å². The van der Waals surface area contributed by atoms with E-state index in [9.17, 15) is 0 Å². The van der Waals surface area contributed by atoms with Crippen molar-refractivity contribution in [1.82, 2.24) is 14.9 Å². The monoisotopic (exact) mass is 306 g/mol. The first-order valence-electron chi connectivity index (χ1n) is 8.39. The molecule has 0 aliphatic carbocycles. The van der Waals surface area contributed by atoms with Crippen LogP contribution in [0, 0.1) is 0 Å².